The molecule has 0 unspecified atom stereocenters. The Morgan fingerprint density at radius 1 is 1.14 bits per heavy atom. The first kappa shape index (κ1) is 16.9. The fourth-order valence-corrected chi connectivity index (χ4v) is 3.89. The van der Waals surface area contributed by atoms with E-state index in [0.29, 0.717) is 5.82 Å². The van der Waals surface area contributed by atoms with Crippen molar-refractivity contribution in [1.82, 2.24) is 19.5 Å². The molecule has 140 valence electrons. The average Bonchev–Trinajstić information content (AvgIpc) is 3.53. The van der Waals surface area contributed by atoms with Crippen LogP contribution >= 0.6 is 0 Å². The minimum Gasteiger partial charge on any atom is -0.360 e. The van der Waals surface area contributed by atoms with Gasteiger partial charge in [0.1, 0.15) is 11.8 Å². The normalized spacial score (nSPS) is 15.1. The van der Waals surface area contributed by atoms with Crippen molar-refractivity contribution >= 4 is 27.6 Å². The van der Waals surface area contributed by atoms with Crippen molar-refractivity contribution in [3.05, 3.63) is 70.5 Å². The summed E-state index contributed by atoms with van der Waals surface area (Å²) in [5.74, 6) is 0.678. The van der Waals surface area contributed by atoms with E-state index in [1.807, 2.05) is 41.8 Å². The Bertz CT molecular complexity index is 1250. The molecule has 6 nitrogen and oxygen atoms in total. The van der Waals surface area contributed by atoms with Crippen LogP contribution in [0.1, 0.15) is 43.1 Å². The molecule has 1 aromatic carbocycles. The Morgan fingerprint density at radius 2 is 2.00 bits per heavy atom. The van der Waals surface area contributed by atoms with Crippen molar-refractivity contribution < 1.29 is 0 Å². The first-order valence-electron chi connectivity index (χ1n) is 9.60. The minimum absolute atomic E-state index is 0.0988. The van der Waals surface area contributed by atoms with Crippen molar-refractivity contribution in [1.29, 1.82) is 0 Å². The first-order valence-corrected chi connectivity index (χ1v) is 9.60. The van der Waals surface area contributed by atoms with Crippen LogP contribution in [0.5, 0.6) is 0 Å². The van der Waals surface area contributed by atoms with Gasteiger partial charge in [-0.15, -0.1) is 0 Å². The van der Waals surface area contributed by atoms with E-state index in [2.05, 4.69) is 33.3 Å². The van der Waals surface area contributed by atoms with Crippen LogP contribution in [0, 0.1) is 6.92 Å². The van der Waals surface area contributed by atoms with Crippen LogP contribution in [0.2, 0.25) is 0 Å². The zero-order valence-corrected chi connectivity index (χ0v) is 15.9. The summed E-state index contributed by atoms with van der Waals surface area (Å²) in [4.78, 5) is 26.4. The number of rotatable bonds is 4. The topological polar surface area (TPSA) is 72.7 Å². The number of benzene rings is 1. The smallest absolute Gasteiger partial charge is 0.259 e. The molecule has 5 rings (SSSR count). The maximum Gasteiger partial charge on any atom is 0.259 e. The van der Waals surface area contributed by atoms with Gasteiger partial charge in [-0.25, -0.2) is 9.97 Å². The standard InChI is InChI=1S/C22H21N5O/c1-13-5-3-6-15-11-18(27(16-8-9-16)22(28)19(13)15)14(2)26-21-20-17(24-12-25-21)7-4-10-23-20/h3-7,10-12,14,16H,8-9H2,1-2H3,(H,24,25,26)/t14-/m0/s1. The largest absolute Gasteiger partial charge is 0.360 e. The van der Waals surface area contributed by atoms with Gasteiger partial charge in [0.25, 0.3) is 5.56 Å². The fourth-order valence-electron chi connectivity index (χ4n) is 3.89. The molecule has 4 aromatic rings. The summed E-state index contributed by atoms with van der Waals surface area (Å²) in [6, 6.07) is 12.1. The van der Waals surface area contributed by atoms with Crippen molar-refractivity contribution in [3.63, 3.8) is 0 Å². The number of nitrogens with one attached hydrogen (secondary N) is 1. The van der Waals surface area contributed by atoms with Crippen LogP contribution < -0.4 is 10.9 Å². The molecule has 0 amide bonds. The van der Waals surface area contributed by atoms with Gasteiger partial charge in [0, 0.05) is 17.9 Å². The molecular weight excluding hydrogens is 350 g/mol. The van der Waals surface area contributed by atoms with Gasteiger partial charge < -0.3 is 9.88 Å². The molecule has 6 heteroatoms. The van der Waals surface area contributed by atoms with Crippen LogP contribution in [-0.4, -0.2) is 19.5 Å². The highest BCUT2D eigenvalue weighted by molar-refractivity contribution is 5.86. The van der Waals surface area contributed by atoms with Gasteiger partial charge in [-0.1, -0.05) is 18.2 Å². The highest BCUT2D eigenvalue weighted by atomic mass is 16.1. The van der Waals surface area contributed by atoms with E-state index in [-0.39, 0.29) is 17.6 Å². The van der Waals surface area contributed by atoms with Gasteiger partial charge in [0.05, 0.1) is 16.9 Å². The third kappa shape index (κ3) is 2.72. The number of anilines is 1. The number of hydrogen-bond donors (Lipinski definition) is 1. The highest BCUT2D eigenvalue weighted by Gasteiger charge is 2.29. The fraction of sp³-hybridized carbons (Fsp3) is 0.273. The molecule has 0 aliphatic heterocycles. The van der Waals surface area contributed by atoms with Crippen LogP contribution in [0.3, 0.4) is 0 Å². The Labute approximate surface area is 162 Å². The SMILES string of the molecule is Cc1cccc2cc([C@H](C)Nc3ncnc4cccnc34)n(C3CC3)c(=O)c12. The molecule has 1 aliphatic carbocycles. The summed E-state index contributed by atoms with van der Waals surface area (Å²) in [7, 11) is 0. The second-order valence-electron chi connectivity index (χ2n) is 7.47. The van der Waals surface area contributed by atoms with Gasteiger partial charge in [-0.3, -0.25) is 9.78 Å². The van der Waals surface area contributed by atoms with Crippen LogP contribution in [0.25, 0.3) is 21.8 Å². The molecule has 28 heavy (non-hydrogen) atoms. The molecular formula is C22H21N5O. The molecule has 0 saturated heterocycles. The van der Waals surface area contributed by atoms with E-state index in [0.717, 1.165) is 45.9 Å². The van der Waals surface area contributed by atoms with E-state index in [1.54, 1.807) is 6.20 Å². The molecule has 1 atom stereocenters. The lowest BCUT2D eigenvalue weighted by atomic mass is 10.0. The second kappa shape index (κ2) is 6.41. The van der Waals surface area contributed by atoms with Gasteiger partial charge in [-0.05, 0) is 55.8 Å². The lowest BCUT2D eigenvalue weighted by molar-refractivity contribution is 0.636. The zero-order valence-electron chi connectivity index (χ0n) is 15.9. The monoisotopic (exact) mass is 371 g/mol. The van der Waals surface area contributed by atoms with Crippen LogP contribution in [0.15, 0.2) is 53.7 Å². The number of aryl methyl sites for hydroxylation is 1. The molecule has 1 N–H and O–H groups in total. The molecule has 0 radical (unpaired) electrons. The lowest BCUT2D eigenvalue weighted by Gasteiger charge is -2.21. The third-order valence-corrected chi connectivity index (χ3v) is 5.42. The summed E-state index contributed by atoms with van der Waals surface area (Å²) in [5.41, 5.74) is 3.63. The lowest BCUT2D eigenvalue weighted by Crippen LogP contribution is -2.26. The van der Waals surface area contributed by atoms with E-state index >= 15 is 0 Å². The molecule has 1 aliphatic rings. The summed E-state index contributed by atoms with van der Waals surface area (Å²) < 4.78 is 1.98. The number of hydrogen-bond acceptors (Lipinski definition) is 5. The van der Waals surface area contributed by atoms with Gasteiger partial charge in [0.2, 0.25) is 0 Å². The van der Waals surface area contributed by atoms with Gasteiger partial charge in [-0.2, -0.15) is 0 Å². The quantitative estimate of drug-likeness (QED) is 0.583. The van der Waals surface area contributed by atoms with E-state index < -0.39 is 0 Å². The van der Waals surface area contributed by atoms with Gasteiger partial charge in [0.15, 0.2) is 5.82 Å². The molecule has 1 fully saturated rings. The van der Waals surface area contributed by atoms with E-state index in [1.165, 1.54) is 6.33 Å². The molecule has 1 saturated carbocycles. The molecule has 0 spiro atoms. The second-order valence-corrected chi connectivity index (χ2v) is 7.47. The zero-order chi connectivity index (χ0) is 19.3. The molecule has 3 heterocycles. The van der Waals surface area contributed by atoms with Crippen molar-refractivity contribution in [2.45, 2.75) is 38.8 Å². The number of pyridine rings is 2. The van der Waals surface area contributed by atoms with Crippen molar-refractivity contribution in [2.24, 2.45) is 0 Å². The summed E-state index contributed by atoms with van der Waals surface area (Å²) in [6.07, 6.45) is 5.38. The van der Waals surface area contributed by atoms with Gasteiger partial charge >= 0.3 is 0 Å². The first-order chi connectivity index (χ1) is 13.6. The molecule has 3 aromatic heterocycles. The third-order valence-electron chi connectivity index (χ3n) is 5.42. The Morgan fingerprint density at radius 3 is 2.82 bits per heavy atom. The number of nitrogens with zero attached hydrogens (tertiary/aromatic N) is 4. The average molecular weight is 371 g/mol. The Balaban J connectivity index is 1.64. The summed E-state index contributed by atoms with van der Waals surface area (Å²) in [6.45, 7) is 4.06. The molecule has 0 bridgehead atoms. The number of aromatic nitrogens is 4. The van der Waals surface area contributed by atoms with Crippen LogP contribution in [-0.2, 0) is 0 Å². The Hall–Kier alpha value is -3.28. The van der Waals surface area contributed by atoms with E-state index in [4.69, 9.17) is 0 Å². The number of fused-ring (bicyclic) bond motifs is 2. The maximum absolute atomic E-state index is 13.3. The van der Waals surface area contributed by atoms with Crippen molar-refractivity contribution in [3.8, 4) is 0 Å². The predicted molar refractivity (Wildman–Crippen MR) is 111 cm³/mol. The predicted octanol–water partition coefficient (Wildman–Crippen LogP) is 4.16. The van der Waals surface area contributed by atoms with E-state index in [9.17, 15) is 4.79 Å². The summed E-state index contributed by atoms with van der Waals surface area (Å²) in [5, 5.41) is 5.26. The van der Waals surface area contributed by atoms with Crippen LogP contribution in [0.4, 0.5) is 5.82 Å². The summed E-state index contributed by atoms with van der Waals surface area (Å²) >= 11 is 0. The van der Waals surface area contributed by atoms with Crippen molar-refractivity contribution in [2.75, 3.05) is 5.32 Å². The highest BCUT2D eigenvalue weighted by Crippen LogP contribution is 2.37. The maximum atomic E-state index is 13.3. The Kier molecular flexibility index (Phi) is 3.86. The minimum atomic E-state index is -0.0988.